The lowest BCUT2D eigenvalue weighted by atomic mass is 10.1. The van der Waals surface area contributed by atoms with Crippen LogP contribution in [0.4, 0.5) is 21.9 Å². The monoisotopic (exact) mass is 516 g/mol. The first-order valence-electron chi connectivity index (χ1n) is 13.6. The zero-order chi connectivity index (χ0) is 28.0. The van der Waals surface area contributed by atoms with Gasteiger partial charge in [0.1, 0.15) is 21.2 Å². The number of pyridine rings is 1. The summed E-state index contributed by atoms with van der Waals surface area (Å²) in [6, 6.07) is 16.1. The summed E-state index contributed by atoms with van der Waals surface area (Å²) in [6.45, 7) is 0.422. The number of piperidine rings is 1. The first kappa shape index (κ1) is 20.1. The SMILES string of the molecule is [2H]C([2H])([2H])N1CCC[C@@H](NC(=O)c2sc3nccc4c3c2NC(=O)N4c2ccc(Oc3ccccc3)cc2C)C1. The Morgan fingerprint density at radius 1 is 1.19 bits per heavy atom. The van der Waals surface area contributed by atoms with Crippen molar-refractivity contribution in [2.24, 2.45) is 0 Å². The van der Waals surface area contributed by atoms with Gasteiger partial charge in [0.2, 0.25) is 0 Å². The molecule has 8 nitrogen and oxygen atoms in total. The third-order valence-corrected chi connectivity index (χ3v) is 7.69. The Bertz CT molecular complexity index is 1610. The number of amides is 3. The third-order valence-electron chi connectivity index (χ3n) is 6.60. The second-order valence-electron chi connectivity index (χ2n) is 9.20. The summed E-state index contributed by atoms with van der Waals surface area (Å²) in [5.74, 6) is 1.02. The maximum Gasteiger partial charge on any atom is 0.331 e. The van der Waals surface area contributed by atoms with E-state index in [4.69, 9.17) is 8.85 Å². The number of ether oxygens (including phenoxy) is 1. The van der Waals surface area contributed by atoms with E-state index >= 15 is 0 Å². The predicted molar refractivity (Wildman–Crippen MR) is 146 cm³/mol. The summed E-state index contributed by atoms with van der Waals surface area (Å²) in [6.07, 6.45) is 2.99. The molecule has 2 N–H and O–H groups in total. The number of rotatable bonds is 5. The molecule has 4 aromatic rings. The molecule has 1 saturated heterocycles. The van der Waals surface area contributed by atoms with E-state index in [1.165, 1.54) is 16.2 Å². The first-order valence-corrected chi connectivity index (χ1v) is 12.9. The van der Waals surface area contributed by atoms with Gasteiger partial charge in [0.25, 0.3) is 5.91 Å². The van der Waals surface area contributed by atoms with Gasteiger partial charge < -0.3 is 20.3 Å². The van der Waals surface area contributed by atoms with Crippen LogP contribution in [-0.2, 0) is 0 Å². The Morgan fingerprint density at radius 2 is 2.05 bits per heavy atom. The van der Waals surface area contributed by atoms with Crippen molar-refractivity contribution in [1.29, 1.82) is 0 Å². The maximum absolute atomic E-state index is 13.5. The highest BCUT2D eigenvalue weighted by atomic mass is 32.1. The molecule has 4 heterocycles. The van der Waals surface area contributed by atoms with Gasteiger partial charge in [-0.2, -0.15) is 0 Å². The zero-order valence-electron chi connectivity index (χ0n) is 23.2. The molecule has 0 radical (unpaired) electrons. The summed E-state index contributed by atoms with van der Waals surface area (Å²) in [5.41, 5.74) is 2.57. The van der Waals surface area contributed by atoms with Crippen LogP contribution in [0.3, 0.4) is 0 Å². The van der Waals surface area contributed by atoms with Gasteiger partial charge >= 0.3 is 6.03 Å². The summed E-state index contributed by atoms with van der Waals surface area (Å²) in [4.78, 5) is 35.3. The van der Waals surface area contributed by atoms with Crippen LogP contribution < -0.4 is 20.3 Å². The van der Waals surface area contributed by atoms with E-state index < -0.39 is 13.0 Å². The number of aryl methyl sites for hydroxylation is 1. The number of anilines is 3. The van der Waals surface area contributed by atoms with Crippen molar-refractivity contribution in [3.8, 4) is 11.5 Å². The van der Waals surface area contributed by atoms with Crippen LogP contribution in [0.5, 0.6) is 11.5 Å². The van der Waals surface area contributed by atoms with Crippen molar-refractivity contribution in [2.75, 3.05) is 30.3 Å². The van der Waals surface area contributed by atoms with E-state index in [1.54, 1.807) is 17.2 Å². The molecule has 6 rings (SSSR count). The van der Waals surface area contributed by atoms with E-state index in [9.17, 15) is 9.59 Å². The Morgan fingerprint density at radius 3 is 2.86 bits per heavy atom. The molecule has 1 fully saturated rings. The van der Waals surface area contributed by atoms with Crippen molar-refractivity contribution in [1.82, 2.24) is 15.2 Å². The number of likely N-dealkylation sites (N-methyl/N-ethyl adjacent to an activating group) is 1. The van der Waals surface area contributed by atoms with Gasteiger partial charge in [-0.15, -0.1) is 11.3 Å². The number of nitrogens with one attached hydrogen (secondary N) is 2. The average molecular weight is 517 g/mol. The number of nitrogens with zero attached hydrogens (tertiary/aromatic N) is 3. The number of thiophene rings is 1. The van der Waals surface area contributed by atoms with Gasteiger partial charge in [0.05, 0.1) is 22.4 Å². The quantitative estimate of drug-likeness (QED) is 0.345. The highest BCUT2D eigenvalue weighted by Crippen LogP contribution is 2.46. The van der Waals surface area contributed by atoms with E-state index in [0.29, 0.717) is 63.0 Å². The fraction of sp³-hybridized carbons (Fsp3) is 0.250. The molecule has 2 aromatic carbocycles. The molecule has 9 heteroatoms. The number of aromatic nitrogens is 1. The number of hydrogen-bond acceptors (Lipinski definition) is 6. The molecule has 0 spiro atoms. The highest BCUT2D eigenvalue weighted by molar-refractivity contribution is 7.21. The normalized spacial score (nSPS) is 19.1. The second kappa shape index (κ2) is 9.49. The predicted octanol–water partition coefficient (Wildman–Crippen LogP) is 5.90. The number of urea groups is 1. The smallest absolute Gasteiger partial charge is 0.331 e. The van der Waals surface area contributed by atoms with E-state index in [-0.39, 0.29) is 18.5 Å². The van der Waals surface area contributed by atoms with Gasteiger partial charge in [0.15, 0.2) is 0 Å². The Hall–Kier alpha value is -3.95. The van der Waals surface area contributed by atoms with Crippen LogP contribution >= 0.6 is 11.3 Å². The summed E-state index contributed by atoms with van der Waals surface area (Å²) in [5, 5.41) is 6.59. The van der Waals surface area contributed by atoms with Gasteiger partial charge in [-0.25, -0.2) is 9.78 Å². The van der Waals surface area contributed by atoms with Crippen molar-refractivity contribution in [3.63, 3.8) is 0 Å². The van der Waals surface area contributed by atoms with Crippen LogP contribution in [0.25, 0.3) is 10.2 Å². The largest absolute Gasteiger partial charge is 0.457 e. The van der Waals surface area contributed by atoms with Gasteiger partial charge in [-0.05, 0) is 75.2 Å². The fourth-order valence-corrected chi connectivity index (χ4v) is 5.92. The minimum Gasteiger partial charge on any atom is -0.457 e. The Labute approximate surface area is 223 Å². The van der Waals surface area contributed by atoms with Crippen molar-refractivity contribution >= 4 is 50.6 Å². The van der Waals surface area contributed by atoms with E-state index in [2.05, 4.69) is 15.6 Å². The second-order valence-corrected chi connectivity index (χ2v) is 10.2. The number of likely N-dealkylation sites (tertiary alicyclic amines) is 1. The maximum atomic E-state index is 13.5. The minimum atomic E-state index is -2.20. The molecule has 0 bridgehead atoms. The molecule has 0 aliphatic carbocycles. The van der Waals surface area contributed by atoms with Crippen LogP contribution in [0.15, 0.2) is 60.8 Å². The van der Waals surface area contributed by atoms with Crippen LogP contribution in [0, 0.1) is 6.92 Å². The Kier molecular flexibility index (Phi) is 5.17. The fourth-order valence-electron chi connectivity index (χ4n) is 4.90. The molecule has 3 amide bonds. The number of carbonyl (C=O) groups is 2. The standard InChI is InChI=1S/C28H27N5O3S/c1-17-15-20(36-19-8-4-3-5-9-19)10-11-21(17)33-22-12-13-29-27-23(22)24(31-28(33)35)25(37-27)26(34)30-18-7-6-14-32(2)16-18/h3-5,8-13,15,18H,6-7,14,16H2,1-2H3,(H,30,34)(H,31,35)/t18-/m1/s1/i2D3. The minimum absolute atomic E-state index is 0.245. The molecule has 0 unspecified atom stereocenters. The molecule has 37 heavy (non-hydrogen) atoms. The first-order chi connectivity index (χ1) is 19.2. The van der Waals surface area contributed by atoms with E-state index in [0.717, 1.165) is 5.56 Å². The Balaban J connectivity index is 1.29. The average Bonchev–Trinajstić information content (AvgIpc) is 3.29. The summed E-state index contributed by atoms with van der Waals surface area (Å²) < 4.78 is 29.1. The van der Waals surface area contributed by atoms with Crippen LogP contribution in [0.1, 0.15) is 32.2 Å². The van der Waals surface area contributed by atoms with Crippen molar-refractivity contribution < 1.29 is 18.4 Å². The van der Waals surface area contributed by atoms with Gasteiger partial charge in [0, 0.05) is 22.9 Å². The molecule has 188 valence electrons. The summed E-state index contributed by atoms with van der Waals surface area (Å²) >= 11 is 1.20. The molecular formula is C28H27N5O3S. The van der Waals surface area contributed by atoms with Gasteiger partial charge in [-0.1, -0.05) is 18.2 Å². The summed E-state index contributed by atoms with van der Waals surface area (Å²) in [7, 11) is 0. The molecular weight excluding hydrogens is 486 g/mol. The lowest BCUT2D eigenvalue weighted by molar-refractivity contribution is 0.0917. The van der Waals surface area contributed by atoms with Gasteiger partial charge in [-0.3, -0.25) is 9.69 Å². The van der Waals surface area contributed by atoms with Crippen LogP contribution in [-0.4, -0.2) is 47.9 Å². The topological polar surface area (TPSA) is 86.8 Å². The molecule has 0 saturated carbocycles. The number of para-hydroxylation sites is 1. The third kappa shape index (κ3) is 4.41. The molecule has 1 atom stereocenters. The zero-order valence-corrected chi connectivity index (χ0v) is 21.0. The highest BCUT2D eigenvalue weighted by Gasteiger charge is 2.34. The molecule has 2 aromatic heterocycles. The molecule has 2 aliphatic heterocycles. The number of hydrogen-bond donors (Lipinski definition) is 2. The number of carbonyl (C=O) groups excluding carboxylic acids is 2. The lowest BCUT2D eigenvalue weighted by Gasteiger charge is -2.31. The van der Waals surface area contributed by atoms with Crippen molar-refractivity contribution in [3.05, 3.63) is 71.2 Å². The van der Waals surface area contributed by atoms with Crippen molar-refractivity contribution in [2.45, 2.75) is 25.8 Å². The lowest BCUT2D eigenvalue weighted by Crippen LogP contribution is -2.46. The van der Waals surface area contributed by atoms with E-state index in [1.807, 2.05) is 55.5 Å². The number of benzene rings is 2. The molecule has 2 aliphatic rings. The van der Waals surface area contributed by atoms with Crippen LogP contribution in [0.2, 0.25) is 0 Å².